The van der Waals surface area contributed by atoms with E-state index in [4.69, 9.17) is 5.73 Å². The lowest BCUT2D eigenvalue weighted by atomic mass is 9.75. The zero-order valence-electron chi connectivity index (χ0n) is 10.4. The maximum absolute atomic E-state index is 5.82. The Morgan fingerprint density at radius 1 is 1.20 bits per heavy atom. The van der Waals surface area contributed by atoms with Crippen molar-refractivity contribution >= 4 is 0 Å². The number of nitrogens with two attached hydrogens (primary N) is 1. The molecule has 15 heavy (non-hydrogen) atoms. The average Bonchev–Trinajstić information content (AvgIpc) is 2.12. The Morgan fingerprint density at radius 3 is 2.47 bits per heavy atom. The molecule has 1 saturated heterocycles. The van der Waals surface area contributed by atoms with Crippen molar-refractivity contribution in [2.45, 2.75) is 52.1 Å². The van der Waals surface area contributed by atoms with Crippen LogP contribution in [0.1, 0.15) is 40.0 Å². The molecule has 2 N–H and O–H groups in total. The van der Waals surface area contributed by atoms with Crippen LogP contribution in [0, 0.1) is 17.8 Å². The second-order valence-electron chi connectivity index (χ2n) is 5.90. The van der Waals surface area contributed by atoms with E-state index >= 15 is 0 Å². The zero-order chi connectivity index (χ0) is 11.0. The van der Waals surface area contributed by atoms with Gasteiger partial charge in [-0.25, -0.2) is 0 Å². The third kappa shape index (κ3) is 2.07. The minimum atomic E-state index is 0.764. The Morgan fingerprint density at radius 2 is 1.93 bits per heavy atom. The third-order valence-electron chi connectivity index (χ3n) is 4.75. The minimum absolute atomic E-state index is 0.764. The zero-order valence-corrected chi connectivity index (χ0v) is 10.4. The molecule has 0 spiro atoms. The van der Waals surface area contributed by atoms with Crippen molar-refractivity contribution < 1.29 is 0 Å². The fourth-order valence-corrected chi connectivity index (χ4v) is 3.46. The van der Waals surface area contributed by atoms with E-state index in [1.54, 1.807) is 0 Å². The first-order valence-corrected chi connectivity index (χ1v) is 6.59. The molecule has 1 saturated carbocycles. The van der Waals surface area contributed by atoms with Crippen LogP contribution in [0.5, 0.6) is 0 Å². The monoisotopic (exact) mass is 210 g/mol. The standard InChI is InChI=1S/C13H26N2/c1-9-6-10(2)11(3)15(8-9)13-5-4-12(13)7-14/h9-13H,4-8,14H2,1-3H3. The number of nitrogens with zero attached hydrogens (tertiary/aromatic N) is 1. The van der Waals surface area contributed by atoms with Crippen molar-refractivity contribution in [3.63, 3.8) is 0 Å². The molecule has 88 valence electrons. The van der Waals surface area contributed by atoms with Gasteiger partial charge in [0.05, 0.1) is 0 Å². The van der Waals surface area contributed by atoms with E-state index in [1.807, 2.05) is 0 Å². The highest BCUT2D eigenvalue weighted by Gasteiger charge is 2.40. The van der Waals surface area contributed by atoms with Gasteiger partial charge < -0.3 is 5.73 Å². The van der Waals surface area contributed by atoms with Crippen LogP contribution in [0.25, 0.3) is 0 Å². The Hall–Kier alpha value is -0.0800. The molecule has 1 aliphatic carbocycles. The van der Waals surface area contributed by atoms with Crippen molar-refractivity contribution in [3.05, 3.63) is 0 Å². The first kappa shape index (κ1) is 11.4. The van der Waals surface area contributed by atoms with Crippen molar-refractivity contribution in [1.82, 2.24) is 4.90 Å². The molecule has 5 atom stereocenters. The molecule has 1 heterocycles. The summed E-state index contributed by atoms with van der Waals surface area (Å²) in [4.78, 5) is 2.75. The molecule has 2 nitrogen and oxygen atoms in total. The largest absolute Gasteiger partial charge is 0.330 e. The van der Waals surface area contributed by atoms with Gasteiger partial charge >= 0.3 is 0 Å². The molecule has 0 aromatic heterocycles. The topological polar surface area (TPSA) is 29.3 Å². The van der Waals surface area contributed by atoms with E-state index in [-0.39, 0.29) is 0 Å². The first-order chi connectivity index (χ1) is 7.13. The van der Waals surface area contributed by atoms with Crippen LogP contribution in [-0.2, 0) is 0 Å². The van der Waals surface area contributed by atoms with Gasteiger partial charge in [0.1, 0.15) is 0 Å². The summed E-state index contributed by atoms with van der Waals surface area (Å²) in [5.74, 6) is 2.51. The molecule has 0 radical (unpaired) electrons. The fraction of sp³-hybridized carbons (Fsp3) is 1.00. The number of hydrogen-bond acceptors (Lipinski definition) is 2. The minimum Gasteiger partial charge on any atom is -0.330 e. The van der Waals surface area contributed by atoms with Crippen molar-refractivity contribution in [2.75, 3.05) is 13.1 Å². The first-order valence-electron chi connectivity index (χ1n) is 6.59. The van der Waals surface area contributed by atoms with E-state index in [9.17, 15) is 0 Å². The highest BCUT2D eigenvalue weighted by Crippen LogP contribution is 2.37. The number of hydrogen-bond donors (Lipinski definition) is 1. The van der Waals surface area contributed by atoms with E-state index in [0.717, 1.165) is 36.4 Å². The maximum atomic E-state index is 5.82. The van der Waals surface area contributed by atoms with Crippen LogP contribution < -0.4 is 5.73 Å². The van der Waals surface area contributed by atoms with Gasteiger partial charge in [-0.05, 0) is 50.5 Å². The van der Waals surface area contributed by atoms with E-state index in [0.29, 0.717) is 0 Å². The molecule has 2 heteroatoms. The van der Waals surface area contributed by atoms with Crippen molar-refractivity contribution in [2.24, 2.45) is 23.5 Å². The van der Waals surface area contributed by atoms with Gasteiger partial charge in [-0.3, -0.25) is 4.90 Å². The Bertz CT molecular complexity index is 215. The molecule has 1 aliphatic heterocycles. The van der Waals surface area contributed by atoms with Crippen LogP contribution in [0.2, 0.25) is 0 Å². The van der Waals surface area contributed by atoms with Gasteiger partial charge in [-0.2, -0.15) is 0 Å². The number of likely N-dealkylation sites (tertiary alicyclic amines) is 1. The molecular formula is C13H26N2. The Labute approximate surface area is 94.2 Å². The van der Waals surface area contributed by atoms with E-state index in [2.05, 4.69) is 25.7 Å². The lowest BCUT2D eigenvalue weighted by Gasteiger charge is -2.52. The summed E-state index contributed by atoms with van der Waals surface area (Å²) >= 11 is 0. The molecule has 0 amide bonds. The molecule has 2 fully saturated rings. The number of rotatable bonds is 2. The summed E-state index contributed by atoms with van der Waals surface area (Å²) in [6.07, 6.45) is 4.14. The summed E-state index contributed by atoms with van der Waals surface area (Å²) < 4.78 is 0. The van der Waals surface area contributed by atoms with Gasteiger partial charge in [0.2, 0.25) is 0 Å². The van der Waals surface area contributed by atoms with Crippen LogP contribution in [0.4, 0.5) is 0 Å². The summed E-state index contributed by atoms with van der Waals surface area (Å²) in [7, 11) is 0. The summed E-state index contributed by atoms with van der Waals surface area (Å²) in [6, 6.07) is 1.57. The molecule has 0 aromatic carbocycles. The van der Waals surface area contributed by atoms with Crippen LogP contribution in [0.3, 0.4) is 0 Å². The third-order valence-corrected chi connectivity index (χ3v) is 4.75. The highest BCUT2D eigenvalue weighted by atomic mass is 15.2. The molecule has 2 aliphatic rings. The smallest absolute Gasteiger partial charge is 0.0139 e. The van der Waals surface area contributed by atoms with Crippen molar-refractivity contribution in [3.8, 4) is 0 Å². The molecule has 2 rings (SSSR count). The molecule has 0 bridgehead atoms. The van der Waals surface area contributed by atoms with E-state index < -0.39 is 0 Å². The van der Waals surface area contributed by atoms with Gasteiger partial charge in [0.15, 0.2) is 0 Å². The maximum Gasteiger partial charge on any atom is 0.0139 e. The quantitative estimate of drug-likeness (QED) is 0.756. The normalized spacial score (nSPS) is 47.6. The predicted octanol–water partition coefficient (Wildman–Crippen LogP) is 2.09. The van der Waals surface area contributed by atoms with Crippen LogP contribution >= 0.6 is 0 Å². The molecule has 0 aromatic rings. The summed E-state index contributed by atoms with van der Waals surface area (Å²) in [6.45, 7) is 9.39. The summed E-state index contributed by atoms with van der Waals surface area (Å²) in [5, 5.41) is 0. The second-order valence-corrected chi connectivity index (χ2v) is 5.90. The van der Waals surface area contributed by atoms with E-state index in [1.165, 1.54) is 25.8 Å². The van der Waals surface area contributed by atoms with Gasteiger partial charge in [0.25, 0.3) is 0 Å². The SMILES string of the molecule is CC1CC(C)C(C)N(C2CCC2CN)C1. The van der Waals surface area contributed by atoms with Gasteiger partial charge in [-0.15, -0.1) is 0 Å². The fourth-order valence-electron chi connectivity index (χ4n) is 3.46. The van der Waals surface area contributed by atoms with Crippen molar-refractivity contribution in [1.29, 1.82) is 0 Å². The average molecular weight is 210 g/mol. The van der Waals surface area contributed by atoms with Crippen LogP contribution in [0.15, 0.2) is 0 Å². The van der Waals surface area contributed by atoms with Crippen LogP contribution in [-0.4, -0.2) is 30.1 Å². The van der Waals surface area contributed by atoms with Gasteiger partial charge in [0, 0.05) is 18.6 Å². The second kappa shape index (κ2) is 4.42. The lowest BCUT2D eigenvalue weighted by Crippen LogP contribution is -2.57. The Balaban J connectivity index is 2.00. The highest BCUT2D eigenvalue weighted by molar-refractivity contribution is 4.95. The number of piperidine rings is 1. The molecule has 5 unspecified atom stereocenters. The molecular weight excluding hydrogens is 184 g/mol. The predicted molar refractivity (Wildman–Crippen MR) is 64.7 cm³/mol. The Kier molecular flexibility index (Phi) is 3.36. The van der Waals surface area contributed by atoms with Gasteiger partial charge in [-0.1, -0.05) is 13.8 Å². The summed E-state index contributed by atoms with van der Waals surface area (Å²) in [5.41, 5.74) is 5.82. The lowest BCUT2D eigenvalue weighted by molar-refractivity contribution is -0.0214.